The van der Waals surface area contributed by atoms with Crippen molar-refractivity contribution in [2.24, 2.45) is 17.3 Å². The molecule has 0 bridgehead atoms. The fourth-order valence-electron chi connectivity index (χ4n) is 10.4. The van der Waals surface area contributed by atoms with Crippen molar-refractivity contribution >= 4 is 41.3 Å². The van der Waals surface area contributed by atoms with Crippen LogP contribution in [-0.4, -0.2) is 74.3 Å². The summed E-state index contributed by atoms with van der Waals surface area (Å²) in [5.41, 5.74) is 9.74. The number of likely N-dealkylation sites (tertiary alicyclic amines) is 1. The van der Waals surface area contributed by atoms with E-state index in [9.17, 15) is 39.0 Å². The third kappa shape index (κ3) is 11.9. The molecule has 4 amide bonds. The Balaban J connectivity index is 1.17. The lowest BCUT2D eigenvalue weighted by molar-refractivity contribution is -0.165. The summed E-state index contributed by atoms with van der Waals surface area (Å²) in [6.45, 7) is 16.1. The van der Waals surface area contributed by atoms with Gasteiger partial charge in [-0.15, -0.1) is 0 Å². The number of hydrogen-bond acceptors (Lipinski definition) is 7. The number of nitrogens with zero attached hydrogens (tertiary/aromatic N) is 3. The first kappa shape index (κ1) is 51.7. The molecule has 13 heteroatoms. The molecule has 1 saturated heterocycles. The quantitative estimate of drug-likeness (QED) is 0.0552. The Labute approximate surface area is 417 Å². The molecule has 13 nitrogen and oxygen atoms in total. The predicted octanol–water partition coefficient (Wildman–Crippen LogP) is 9.56. The second kappa shape index (κ2) is 21.9. The van der Waals surface area contributed by atoms with Gasteiger partial charge in [-0.25, -0.2) is 0 Å². The highest BCUT2D eigenvalue weighted by Crippen LogP contribution is 2.38. The molecule has 2 aliphatic heterocycles. The van der Waals surface area contributed by atoms with Gasteiger partial charge in [0.25, 0.3) is 0 Å². The maximum Gasteiger partial charge on any atom is 0.305 e. The first-order valence-electron chi connectivity index (χ1n) is 24.7. The monoisotopic (exact) mass is 961 g/mol. The van der Waals surface area contributed by atoms with E-state index in [1.54, 1.807) is 22.2 Å². The Morgan fingerprint density at radius 2 is 1.25 bits per heavy atom. The van der Waals surface area contributed by atoms with Gasteiger partial charge in [0.05, 0.1) is 30.3 Å². The topological polar surface area (TPSA) is 186 Å². The zero-order valence-electron chi connectivity index (χ0n) is 42.1. The van der Waals surface area contributed by atoms with E-state index in [1.807, 2.05) is 146 Å². The van der Waals surface area contributed by atoms with Crippen LogP contribution in [0, 0.1) is 31.1 Å². The second-order valence-corrected chi connectivity index (χ2v) is 20.8. The number of carboxylic acids is 2. The Bertz CT molecular complexity index is 2810. The van der Waals surface area contributed by atoms with Gasteiger partial charge in [-0.2, -0.15) is 0 Å². The molecule has 2 aliphatic rings. The van der Waals surface area contributed by atoms with Crippen LogP contribution < -0.4 is 15.5 Å². The van der Waals surface area contributed by atoms with Crippen molar-refractivity contribution < 1.29 is 39.0 Å². The highest BCUT2D eigenvalue weighted by molar-refractivity contribution is 6.03. The molecule has 0 saturated carbocycles. The van der Waals surface area contributed by atoms with Crippen molar-refractivity contribution in [1.29, 1.82) is 0 Å². The van der Waals surface area contributed by atoms with E-state index in [-0.39, 0.29) is 48.8 Å². The minimum Gasteiger partial charge on any atom is -0.481 e. The normalized spacial score (nSPS) is 15.9. The molecule has 5 aromatic rings. The van der Waals surface area contributed by atoms with Crippen LogP contribution in [0.15, 0.2) is 103 Å². The number of aryl methyl sites for hydroxylation is 2. The van der Waals surface area contributed by atoms with Crippen molar-refractivity contribution in [1.82, 2.24) is 20.5 Å². The van der Waals surface area contributed by atoms with Crippen molar-refractivity contribution in [3.63, 3.8) is 0 Å². The third-order valence-electron chi connectivity index (χ3n) is 13.8. The number of carbonyl (C=O) groups excluding carboxylic acids is 4. The average molecular weight is 962 g/mol. The summed E-state index contributed by atoms with van der Waals surface area (Å²) in [7, 11) is 0. The molecular weight excluding hydrogens is 895 g/mol. The van der Waals surface area contributed by atoms with Gasteiger partial charge in [0.2, 0.25) is 23.6 Å². The SMILES string of the molecule is Cc1cccc(C)c1-c1cncc([C@H](CC(=O)O)NC(=O)C(CC(C)C)N2C(=O)CCc3c(Cc4ccccc4-c4cccc([C@H](CC(=O)O)NC(=O)C(CC(C)C)N5CC(C)(C)C5=O)c4)cccc32)c1. The number of β-lactam (4-membered cyclic amide) rings is 1. The largest absolute Gasteiger partial charge is 0.481 e. The Morgan fingerprint density at radius 1 is 0.676 bits per heavy atom. The number of anilines is 1. The second-order valence-electron chi connectivity index (χ2n) is 20.8. The standard InChI is InChI=1S/C58H67N5O8/c1-34(2)24-49(62-33-58(7,8)57(62)71)55(69)60-46(29-52(65)66)41-19-12-17-39(27-41)44-20-10-9-16-38(44)26-40-18-13-21-48-45(40)22-23-51(64)63(48)50(25-35(3)4)56(70)61-47(30-53(67)68)42-28-43(32-59-31-42)54-36(5)14-11-15-37(54)6/h9-21,27-28,31-32,34-35,46-47,49-50H,22-26,29-30,33H2,1-8H3,(H,60,69)(H,61,70)(H,65,66)(H,67,68)/t46-,47-,49?,50?/m0/s1. The number of aliphatic carboxylic acids is 2. The smallest absolute Gasteiger partial charge is 0.305 e. The molecule has 1 aromatic heterocycles. The maximum absolute atomic E-state index is 14.7. The number of nitrogens with one attached hydrogen (secondary N) is 2. The highest BCUT2D eigenvalue weighted by atomic mass is 16.4. The van der Waals surface area contributed by atoms with Crippen LogP contribution in [0.2, 0.25) is 0 Å². The van der Waals surface area contributed by atoms with Crippen molar-refractivity contribution in [3.05, 3.63) is 142 Å². The zero-order valence-corrected chi connectivity index (χ0v) is 42.1. The zero-order chi connectivity index (χ0) is 51.3. The number of hydrogen-bond donors (Lipinski definition) is 4. The summed E-state index contributed by atoms with van der Waals surface area (Å²) in [6, 6.07) is 25.7. The summed E-state index contributed by atoms with van der Waals surface area (Å²) >= 11 is 0. The molecule has 1 fully saturated rings. The van der Waals surface area contributed by atoms with E-state index in [0.29, 0.717) is 49.0 Å². The fraction of sp³-hybridized carbons (Fsp3) is 0.397. The van der Waals surface area contributed by atoms with Gasteiger partial charge in [-0.1, -0.05) is 100 Å². The number of rotatable bonds is 20. The minimum absolute atomic E-state index is 0.00344. The molecule has 0 spiro atoms. The first-order chi connectivity index (χ1) is 33.7. The number of amides is 4. The van der Waals surface area contributed by atoms with Crippen molar-refractivity contribution in [2.45, 2.75) is 125 Å². The lowest BCUT2D eigenvalue weighted by atomic mass is 9.80. The van der Waals surface area contributed by atoms with Crippen LogP contribution in [0.1, 0.15) is 125 Å². The summed E-state index contributed by atoms with van der Waals surface area (Å²) in [4.78, 5) is 88.2. The van der Waals surface area contributed by atoms with Crippen molar-refractivity contribution in [3.8, 4) is 22.3 Å². The molecule has 0 aliphatic carbocycles. The van der Waals surface area contributed by atoms with Gasteiger partial charge in [0, 0.05) is 36.6 Å². The predicted molar refractivity (Wildman–Crippen MR) is 274 cm³/mol. The molecule has 3 heterocycles. The number of aromatic nitrogens is 1. The molecule has 4 N–H and O–H groups in total. The molecule has 4 aromatic carbocycles. The maximum atomic E-state index is 14.7. The number of fused-ring (bicyclic) bond motifs is 1. The van der Waals surface area contributed by atoms with Crippen molar-refractivity contribution in [2.75, 3.05) is 11.4 Å². The molecular formula is C58H67N5O8. The summed E-state index contributed by atoms with van der Waals surface area (Å²) in [5.74, 6) is -3.18. The highest BCUT2D eigenvalue weighted by Gasteiger charge is 2.49. The third-order valence-corrected chi connectivity index (χ3v) is 13.8. The van der Waals surface area contributed by atoms with E-state index >= 15 is 0 Å². The van der Waals surface area contributed by atoms with Gasteiger partial charge in [-0.3, -0.25) is 38.7 Å². The number of benzene rings is 4. The Hall–Kier alpha value is -7.15. The van der Waals surface area contributed by atoms with E-state index < -0.39 is 47.4 Å². The Morgan fingerprint density at radius 3 is 1.89 bits per heavy atom. The van der Waals surface area contributed by atoms with E-state index in [2.05, 4.69) is 15.6 Å². The lowest BCUT2D eigenvalue weighted by Gasteiger charge is -2.48. The average Bonchev–Trinajstić information content (AvgIpc) is 3.31. The first-order valence-corrected chi connectivity index (χ1v) is 24.7. The summed E-state index contributed by atoms with van der Waals surface area (Å²) in [5, 5.41) is 26.2. The van der Waals surface area contributed by atoms with Gasteiger partial charge < -0.3 is 25.7 Å². The molecule has 71 heavy (non-hydrogen) atoms. The van der Waals surface area contributed by atoms with Crippen LogP contribution in [-0.2, 0) is 41.6 Å². The fourth-order valence-corrected chi connectivity index (χ4v) is 10.4. The van der Waals surface area contributed by atoms with Gasteiger partial charge in [0.1, 0.15) is 12.1 Å². The van der Waals surface area contributed by atoms with Gasteiger partial charge >= 0.3 is 11.9 Å². The minimum atomic E-state index is -1.09. The number of carboxylic acid groups (broad SMARTS) is 2. The van der Waals surface area contributed by atoms with Crippen LogP contribution in [0.25, 0.3) is 22.3 Å². The van der Waals surface area contributed by atoms with Gasteiger partial charge in [0.15, 0.2) is 0 Å². The van der Waals surface area contributed by atoms with Crippen LogP contribution >= 0.6 is 0 Å². The van der Waals surface area contributed by atoms with Crippen LogP contribution in [0.3, 0.4) is 0 Å². The lowest BCUT2D eigenvalue weighted by Crippen LogP contribution is -2.65. The summed E-state index contributed by atoms with van der Waals surface area (Å²) < 4.78 is 0. The number of pyridine rings is 1. The Kier molecular flexibility index (Phi) is 15.9. The molecule has 2 unspecified atom stereocenters. The molecule has 7 rings (SSSR count). The van der Waals surface area contributed by atoms with Crippen LogP contribution in [0.4, 0.5) is 5.69 Å². The molecule has 0 radical (unpaired) electrons. The number of carbonyl (C=O) groups is 6. The van der Waals surface area contributed by atoms with E-state index in [0.717, 1.165) is 50.1 Å². The van der Waals surface area contributed by atoms with Crippen LogP contribution in [0.5, 0.6) is 0 Å². The molecule has 4 atom stereocenters. The van der Waals surface area contributed by atoms with Gasteiger partial charge in [-0.05, 0) is 139 Å². The van der Waals surface area contributed by atoms with E-state index in [4.69, 9.17) is 0 Å². The molecule has 372 valence electrons. The van der Waals surface area contributed by atoms with E-state index in [1.165, 1.54) is 0 Å². The summed E-state index contributed by atoms with van der Waals surface area (Å²) in [6.07, 6.45) is 4.46.